The number of fused-ring (bicyclic) bond motifs is 5. The smallest absolute Gasteiger partial charge is 0.407 e. The summed E-state index contributed by atoms with van der Waals surface area (Å²) in [7, 11) is 0. The molecule has 0 saturated heterocycles. The Labute approximate surface area is 436 Å². The van der Waals surface area contributed by atoms with Crippen LogP contribution in [-0.2, 0) is 16.1 Å². The number of hydrogen-bond acceptors (Lipinski definition) is 8. The van der Waals surface area contributed by atoms with Crippen molar-refractivity contribution in [2.45, 2.75) is 132 Å². The molecule has 4 N–H and O–H groups in total. The molecular formula is C59H71Br2N3O7. The number of ether oxygens (including phenoxy) is 2. The van der Waals surface area contributed by atoms with Gasteiger partial charge in [0.05, 0.1) is 29.1 Å². The average Bonchev–Trinajstić information content (AvgIpc) is 3.32. The van der Waals surface area contributed by atoms with E-state index >= 15 is 0 Å². The summed E-state index contributed by atoms with van der Waals surface area (Å²) in [5, 5.41) is 20.3. The standard InChI is InChI=1S/C59H71Br2N3O7/c1-34(2)37-17-19-43-38(25-37)18-22-48-58(6,23-10-24-59(43,48)7)33-71-54(68)62-32-57(5)29-40(28-56(3,4)31-57)63-55(69)70-30-35-13-15-36(16-14-35)39-26-44(60)51(45(61)27-39)64-46-20-21-47(65)50-49(46)52(66)41-11-8-9-12-42(41)53(50)67/h8-9,11-16,20-21,26-27,34,37-38,40,43,48,64-65H,10,17-19,22-25,28-33H2,1-7H3,(H,62,68)(H,63,69). The molecule has 5 aliphatic carbocycles. The quantitative estimate of drug-likeness (QED) is 0.0958. The third kappa shape index (κ3) is 10.4. The second-order valence-electron chi connectivity index (χ2n) is 24.0. The number of rotatable bonds is 11. The number of amides is 2. The van der Waals surface area contributed by atoms with E-state index in [1.807, 2.05) is 36.4 Å². The summed E-state index contributed by atoms with van der Waals surface area (Å²) in [6.07, 6.45) is 11.9. The van der Waals surface area contributed by atoms with Gasteiger partial charge in [-0.05, 0) is 183 Å². The van der Waals surface area contributed by atoms with E-state index in [1.54, 1.807) is 30.3 Å². The molecule has 9 rings (SSSR count). The lowest BCUT2D eigenvalue weighted by atomic mass is 9.44. The Bertz CT molecular complexity index is 2700. The van der Waals surface area contributed by atoms with Crippen LogP contribution in [0, 0.1) is 51.2 Å². The van der Waals surface area contributed by atoms with E-state index in [0.29, 0.717) is 56.8 Å². The molecule has 10 nitrogen and oxygen atoms in total. The number of benzene rings is 4. The normalized spacial score (nSPS) is 28.7. The molecule has 5 aliphatic rings. The van der Waals surface area contributed by atoms with Gasteiger partial charge in [0.2, 0.25) is 0 Å². The highest BCUT2D eigenvalue weighted by Gasteiger charge is 2.57. The zero-order chi connectivity index (χ0) is 50.6. The fourth-order valence-electron chi connectivity index (χ4n) is 14.7. The SMILES string of the molecule is CC(C)C1CCC2C(CCC3C(C)(COC(=O)NCC4(C)CC(NC(=O)OCc5ccc(-c6cc(Br)c(Nc7ccc(O)c8c7C(=O)c7ccccc7C8=O)c(Br)c6)cc5)CC(C)(C)C4)CCCC23C)C1. The van der Waals surface area contributed by atoms with Gasteiger partial charge in [0, 0.05) is 38.1 Å². The summed E-state index contributed by atoms with van der Waals surface area (Å²) in [6.45, 7) is 17.5. The van der Waals surface area contributed by atoms with Gasteiger partial charge < -0.3 is 30.5 Å². The summed E-state index contributed by atoms with van der Waals surface area (Å²) >= 11 is 7.41. The molecule has 0 bridgehead atoms. The maximum Gasteiger partial charge on any atom is 0.407 e. The van der Waals surface area contributed by atoms with Crippen LogP contribution in [0.3, 0.4) is 0 Å². The van der Waals surface area contributed by atoms with Crippen molar-refractivity contribution in [2.24, 2.45) is 51.2 Å². The Balaban J connectivity index is 0.763. The molecule has 4 saturated carbocycles. The molecular weight excluding hydrogens is 1020 g/mol. The number of anilines is 2. The summed E-state index contributed by atoms with van der Waals surface area (Å²) in [6, 6.07) is 21.2. The Hall–Kier alpha value is -4.68. The number of carbonyl (C=O) groups is 4. The van der Waals surface area contributed by atoms with Crippen LogP contribution in [0.25, 0.3) is 11.1 Å². The molecule has 0 aromatic heterocycles. The third-order valence-electron chi connectivity index (χ3n) is 17.7. The number of phenols is 1. The maximum atomic E-state index is 13.7. The van der Waals surface area contributed by atoms with Gasteiger partial charge in [0.25, 0.3) is 0 Å². The first-order valence-corrected chi connectivity index (χ1v) is 27.5. The number of aromatic hydroxyl groups is 1. The van der Waals surface area contributed by atoms with Gasteiger partial charge in [-0.15, -0.1) is 0 Å². The van der Waals surface area contributed by atoms with Crippen molar-refractivity contribution in [1.82, 2.24) is 10.6 Å². The topological polar surface area (TPSA) is 143 Å². The van der Waals surface area contributed by atoms with E-state index in [2.05, 4.69) is 96.3 Å². The van der Waals surface area contributed by atoms with Crippen molar-refractivity contribution in [2.75, 3.05) is 18.5 Å². The van der Waals surface area contributed by atoms with Gasteiger partial charge in [0.1, 0.15) is 12.4 Å². The second-order valence-corrected chi connectivity index (χ2v) is 25.7. The van der Waals surface area contributed by atoms with Crippen molar-refractivity contribution < 1.29 is 33.8 Å². The van der Waals surface area contributed by atoms with Gasteiger partial charge in [-0.2, -0.15) is 0 Å². The Kier molecular flexibility index (Phi) is 14.4. The molecule has 71 heavy (non-hydrogen) atoms. The third-order valence-corrected chi connectivity index (χ3v) is 19.0. The first-order valence-electron chi connectivity index (χ1n) is 25.9. The lowest BCUT2D eigenvalue weighted by Crippen LogP contribution is -2.55. The number of phenolic OH excluding ortho intramolecular Hbond substituents is 1. The van der Waals surface area contributed by atoms with Gasteiger partial charge in [-0.1, -0.05) is 103 Å². The zero-order valence-electron chi connectivity index (χ0n) is 42.4. The highest BCUT2D eigenvalue weighted by atomic mass is 79.9. The average molecular weight is 1090 g/mol. The van der Waals surface area contributed by atoms with Crippen LogP contribution < -0.4 is 16.0 Å². The summed E-state index contributed by atoms with van der Waals surface area (Å²) in [5.41, 5.74) is 4.37. The Morgan fingerprint density at radius 1 is 0.789 bits per heavy atom. The van der Waals surface area contributed by atoms with E-state index in [-0.39, 0.29) is 63.2 Å². The molecule has 8 unspecified atom stereocenters. The lowest BCUT2D eigenvalue weighted by Gasteiger charge is -2.61. The maximum absolute atomic E-state index is 13.7. The van der Waals surface area contributed by atoms with Gasteiger partial charge >= 0.3 is 12.2 Å². The minimum absolute atomic E-state index is 0.0134. The van der Waals surface area contributed by atoms with E-state index < -0.39 is 11.9 Å². The van der Waals surface area contributed by atoms with Crippen LogP contribution in [0.1, 0.15) is 157 Å². The largest absolute Gasteiger partial charge is 0.507 e. The first-order chi connectivity index (χ1) is 33.7. The zero-order valence-corrected chi connectivity index (χ0v) is 45.6. The van der Waals surface area contributed by atoms with Crippen molar-refractivity contribution in [3.63, 3.8) is 0 Å². The molecule has 4 aromatic carbocycles. The lowest BCUT2D eigenvalue weighted by molar-refractivity contribution is -0.135. The molecule has 4 aromatic rings. The minimum Gasteiger partial charge on any atom is -0.507 e. The second kappa shape index (κ2) is 20.0. The molecule has 0 radical (unpaired) electrons. The number of ketones is 2. The predicted octanol–water partition coefficient (Wildman–Crippen LogP) is 14.9. The molecule has 8 atom stereocenters. The summed E-state index contributed by atoms with van der Waals surface area (Å²) in [4.78, 5) is 53.8. The number of carbonyl (C=O) groups excluding carboxylic acids is 4. The number of alkyl carbamates (subject to hydrolysis) is 2. The Morgan fingerprint density at radius 3 is 2.17 bits per heavy atom. The molecule has 378 valence electrons. The minimum atomic E-state index is -0.470. The molecule has 0 heterocycles. The van der Waals surface area contributed by atoms with Crippen LogP contribution in [-0.4, -0.2) is 48.1 Å². The first kappa shape index (κ1) is 51.2. The molecule has 4 fully saturated rings. The van der Waals surface area contributed by atoms with Crippen molar-refractivity contribution in [3.8, 4) is 16.9 Å². The van der Waals surface area contributed by atoms with Gasteiger partial charge in [-0.25, -0.2) is 9.59 Å². The van der Waals surface area contributed by atoms with Crippen LogP contribution in [0.4, 0.5) is 21.0 Å². The highest BCUT2D eigenvalue weighted by Crippen LogP contribution is 2.64. The Morgan fingerprint density at radius 2 is 1.48 bits per heavy atom. The van der Waals surface area contributed by atoms with E-state index in [1.165, 1.54) is 51.0 Å². The van der Waals surface area contributed by atoms with Crippen LogP contribution >= 0.6 is 31.9 Å². The summed E-state index contributed by atoms with van der Waals surface area (Å²) < 4.78 is 13.3. The fraction of sp³-hybridized carbons (Fsp3) is 0.525. The highest BCUT2D eigenvalue weighted by molar-refractivity contribution is 9.11. The van der Waals surface area contributed by atoms with Crippen molar-refractivity contribution in [1.29, 1.82) is 0 Å². The van der Waals surface area contributed by atoms with Crippen molar-refractivity contribution in [3.05, 3.63) is 110 Å². The predicted molar refractivity (Wildman–Crippen MR) is 286 cm³/mol. The number of nitrogens with one attached hydrogen (secondary N) is 3. The fourth-order valence-corrected chi connectivity index (χ4v) is 16.1. The van der Waals surface area contributed by atoms with E-state index in [0.717, 1.165) is 59.6 Å². The van der Waals surface area contributed by atoms with Crippen LogP contribution in [0.5, 0.6) is 5.75 Å². The molecule has 0 spiro atoms. The van der Waals surface area contributed by atoms with E-state index in [9.17, 15) is 24.3 Å². The molecule has 2 amide bonds. The molecule has 0 aliphatic heterocycles. The monoisotopic (exact) mass is 1090 g/mol. The number of halogens is 2. The van der Waals surface area contributed by atoms with Crippen molar-refractivity contribution >= 4 is 67.0 Å². The van der Waals surface area contributed by atoms with Gasteiger partial charge in [-0.3, -0.25) is 9.59 Å². The summed E-state index contributed by atoms with van der Waals surface area (Å²) in [5.74, 6) is 2.85. The number of hydrogen-bond donors (Lipinski definition) is 4. The van der Waals surface area contributed by atoms with Crippen LogP contribution in [0.15, 0.2) is 81.7 Å². The van der Waals surface area contributed by atoms with E-state index in [4.69, 9.17) is 9.47 Å². The molecule has 12 heteroatoms. The van der Waals surface area contributed by atoms with Gasteiger partial charge in [0.15, 0.2) is 11.6 Å². The van der Waals surface area contributed by atoms with Crippen LogP contribution in [0.2, 0.25) is 0 Å².